The molecule has 1 aromatic rings. The van der Waals surface area contributed by atoms with Crippen LogP contribution in [0.1, 0.15) is 24.0 Å². The first-order chi connectivity index (χ1) is 7.79. The van der Waals surface area contributed by atoms with Gasteiger partial charge in [-0.05, 0) is 49.5 Å². The first-order valence-electron chi connectivity index (χ1n) is 5.90. The molecule has 16 heavy (non-hydrogen) atoms. The maximum absolute atomic E-state index is 8.86. The Hall–Kier alpha value is -0.570. The predicted octanol–water partition coefficient (Wildman–Crippen LogP) is 2.47. The minimum Gasteiger partial charge on any atom is -0.396 e. The van der Waals surface area contributed by atoms with Crippen LogP contribution in [0.3, 0.4) is 0 Å². The van der Waals surface area contributed by atoms with Crippen LogP contribution in [0.2, 0.25) is 5.02 Å². The minimum absolute atomic E-state index is 0.182. The highest BCUT2D eigenvalue weighted by atomic mass is 35.5. The van der Waals surface area contributed by atoms with Crippen molar-refractivity contribution in [2.75, 3.05) is 19.7 Å². The van der Waals surface area contributed by atoms with Crippen LogP contribution in [0.4, 0.5) is 0 Å². The standard InChI is InChI=1S/C13H18ClNO/c14-13-9-11(5-8-16)3-4-12(13)10-15-6-1-2-7-15/h3-4,9,16H,1-2,5-8,10H2. The van der Waals surface area contributed by atoms with Crippen molar-refractivity contribution < 1.29 is 5.11 Å². The lowest BCUT2D eigenvalue weighted by molar-refractivity contribution is 0.299. The fourth-order valence-corrected chi connectivity index (χ4v) is 2.45. The van der Waals surface area contributed by atoms with Gasteiger partial charge in [0.1, 0.15) is 0 Å². The summed E-state index contributed by atoms with van der Waals surface area (Å²) < 4.78 is 0. The average molecular weight is 240 g/mol. The van der Waals surface area contributed by atoms with Crippen LogP contribution in [0, 0.1) is 0 Å². The van der Waals surface area contributed by atoms with Gasteiger partial charge in [0.15, 0.2) is 0 Å². The minimum atomic E-state index is 0.182. The van der Waals surface area contributed by atoms with Crippen LogP contribution >= 0.6 is 11.6 Å². The van der Waals surface area contributed by atoms with Crippen molar-refractivity contribution in [2.24, 2.45) is 0 Å². The zero-order chi connectivity index (χ0) is 11.4. The van der Waals surface area contributed by atoms with Gasteiger partial charge < -0.3 is 5.11 Å². The lowest BCUT2D eigenvalue weighted by atomic mass is 10.1. The van der Waals surface area contributed by atoms with Gasteiger partial charge in [-0.15, -0.1) is 0 Å². The van der Waals surface area contributed by atoms with Gasteiger partial charge in [0.2, 0.25) is 0 Å². The molecule has 0 radical (unpaired) electrons. The molecule has 0 saturated carbocycles. The van der Waals surface area contributed by atoms with Crippen molar-refractivity contribution >= 4 is 11.6 Å². The second-order valence-corrected chi connectivity index (χ2v) is 4.79. The second-order valence-electron chi connectivity index (χ2n) is 4.38. The Morgan fingerprint density at radius 1 is 1.25 bits per heavy atom. The van der Waals surface area contributed by atoms with E-state index in [1.807, 2.05) is 6.07 Å². The zero-order valence-corrected chi connectivity index (χ0v) is 10.2. The molecule has 1 aliphatic heterocycles. The summed E-state index contributed by atoms with van der Waals surface area (Å²) in [4.78, 5) is 2.44. The monoisotopic (exact) mass is 239 g/mol. The summed E-state index contributed by atoms with van der Waals surface area (Å²) in [7, 11) is 0. The number of halogens is 1. The van der Waals surface area contributed by atoms with Gasteiger partial charge in [-0.2, -0.15) is 0 Å². The first-order valence-corrected chi connectivity index (χ1v) is 6.28. The maximum atomic E-state index is 8.86. The molecule has 3 heteroatoms. The third-order valence-corrected chi connectivity index (χ3v) is 3.46. The van der Waals surface area contributed by atoms with E-state index in [4.69, 9.17) is 16.7 Å². The summed E-state index contributed by atoms with van der Waals surface area (Å²) in [5.74, 6) is 0. The molecule has 2 rings (SSSR count). The topological polar surface area (TPSA) is 23.5 Å². The summed E-state index contributed by atoms with van der Waals surface area (Å²) in [6, 6.07) is 6.13. The molecule has 88 valence electrons. The Balaban J connectivity index is 2.03. The van der Waals surface area contributed by atoms with Crippen LogP contribution in [-0.2, 0) is 13.0 Å². The summed E-state index contributed by atoms with van der Waals surface area (Å²) in [5.41, 5.74) is 2.31. The van der Waals surface area contributed by atoms with E-state index in [9.17, 15) is 0 Å². The Morgan fingerprint density at radius 3 is 2.62 bits per heavy atom. The van der Waals surface area contributed by atoms with Crippen LogP contribution < -0.4 is 0 Å². The van der Waals surface area contributed by atoms with Crippen LogP contribution in [-0.4, -0.2) is 29.7 Å². The van der Waals surface area contributed by atoms with Gasteiger partial charge in [0.05, 0.1) is 0 Å². The van der Waals surface area contributed by atoms with Gasteiger partial charge in [-0.1, -0.05) is 23.7 Å². The number of hydrogen-bond donors (Lipinski definition) is 1. The van der Waals surface area contributed by atoms with Gasteiger partial charge in [0, 0.05) is 18.2 Å². The number of aliphatic hydroxyl groups is 1. The molecule has 0 aliphatic carbocycles. The molecule has 1 N–H and O–H groups in total. The highest BCUT2D eigenvalue weighted by molar-refractivity contribution is 6.31. The first kappa shape index (κ1) is 11.9. The molecule has 0 bridgehead atoms. The summed E-state index contributed by atoms with van der Waals surface area (Å²) in [6.45, 7) is 3.52. The Morgan fingerprint density at radius 2 is 2.00 bits per heavy atom. The van der Waals surface area contributed by atoms with E-state index in [1.165, 1.54) is 31.5 Å². The van der Waals surface area contributed by atoms with E-state index < -0.39 is 0 Å². The molecule has 1 aliphatic rings. The molecule has 0 amide bonds. The lowest BCUT2D eigenvalue weighted by Crippen LogP contribution is -2.18. The van der Waals surface area contributed by atoms with Crippen LogP contribution in [0.25, 0.3) is 0 Å². The van der Waals surface area contributed by atoms with Gasteiger partial charge in [0.25, 0.3) is 0 Å². The molecular formula is C13H18ClNO. The molecule has 0 aromatic heterocycles. The number of aliphatic hydroxyl groups excluding tert-OH is 1. The smallest absolute Gasteiger partial charge is 0.0471 e. The third kappa shape index (κ3) is 2.97. The molecule has 1 aromatic carbocycles. The SMILES string of the molecule is OCCc1ccc(CN2CCCC2)c(Cl)c1. The Labute approximate surface area is 102 Å². The normalized spacial score (nSPS) is 16.9. The van der Waals surface area contributed by atoms with Crippen molar-refractivity contribution in [1.82, 2.24) is 4.90 Å². The molecule has 0 atom stereocenters. The lowest BCUT2D eigenvalue weighted by Gasteiger charge is -2.16. The van der Waals surface area contributed by atoms with E-state index in [1.54, 1.807) is 0 Å². The van der Waals surface area contributed by atoms with Gasteiger partial charge in [-0.25, -0.2) is 0 Å². The molecule has 1 heterocycles. The average Bonchev–Trinajstić information content (AvgIpc) is 2.75. The molecule has 1 saturated heterocycles. The number of benzene rings is 1. The van der Waals surface area contributed by atoms with Gasteiger partial charge >= 0.3 is 0 Å². The summed E-state index contributed by atoms with van der Waals surface area (Å²) >= 11 is 6.24. The van der Waals surface area contributed by atoms with Crippen LogP contribution in [0.5, 0.6) is 0 Å². The quantitative estimate of drug-likeness (QED) is 0.873. The molecule has 2 nitrogen and oxygen atoms in total. The Bertz CT molecular complexity index is 348. The van der Waals surface area contributed by atoms with Crippen LogP contribution in [0.15, 0.2) is 18.2 Å². The predicted molar refractivity (Wildman–Crippen MR) is 66.8 cm³/mol. The van der Waals surface area contributed by atoms with Crippen molar-refractivity contribution in [2.45, 2.75) is 25.8 Å². The number of likely N-dealkylation sites (tertiary alicyclic amines) is 1. The number of nitrogens with zero attached hydrogens (tertiary/aromatic N) is 1. The van der Waals surface area contributed by atoms with E-state index in [0.717, 1.165) is 17.1 Å². The van der Waals surface area contributed by atoms with Crippen molar-refractivity contribution in [1.29, 1.82) is 0 Å². The molecule has 0 spiro atoms. The fraction of sp³-hybridized carbons (Fsp3) is 0.538. The molecular weight excluding hydrogens is 222 g/mol. The molecule has 1 fully saturated rings. The molecule has 0 unspecified atom stereocenters. The van der Waals surface area contributed by atoms with E-state index >= 15 is 0 Å². The highest BCUT2D eigenvalue weighted by Gasteiger charge is 2.13. The van der Waals surface area contributed by atoms with Crippen molar-refractivity contribution in [3.8, 4) is 0 Å². The van der Waals surface area contributed by atoms with Crippen molar-refractivity contribution in [3.05, 3.63) is 34.3 Å². The largest absolute Gasteiger partial charge is 0.396 e. The highest BCUT2D eigenvalue weighted by Crippen LogP contribution is 2.21. The van der Waals surface area contributed by atoms with E-state index in [2.05, 4.69) is 17.0 Å². The third-order valence-electron chi connectivity index (χ3n) is 3.11. The van der Waals surface area contributed by atoms with E-state index in [0.29, 0.717) is 6.42 Å². The number of hydrogen-bond acceptors (Lipinski definition) is 2. The second kappa shape index (κ2) is 5.67. The Kier molecular flexibility index (Phi) is 4.22. The summed E-state index contributed by atoms with van der Waals surface area (Å²) in [6.07, 6.45) is 3.30. The maximum Gasteiger partial charge on any atom is 0.0471 e. The van der Waals surface area contributed by atoms with Crippen molar-refractivity contribution in [3.63, 3.8) is 0 Å². The van der Waals surface area contributed by atoms with Gasteiger partial charge in [-0.3, -0.25) is 4.90 Å². The van der Waals surface area contributed by atoms with E-state index in [-0.39, 0.29) is 6.61 Å². The number of rotatable bonds is 4. The fourth-order valence-electron chi connectivity index (χ4n) is 2.19. The zero-order valence-electron chi connectivity index (χ0n) is 9.45. The summed E-state index contributed by atoms with van der Waals surface area (Å²) in [5, 5.41) is 9.69.